The van der Waals surface area contributed by atoms with Gasteiger partial charge in [0.25, 0.3) is 5.91 Å². The van der Waals surface area contributed by atoms with Gasteiger partial charge in [-0.15, -0.1) is 11.3 Å². The number of hydrogen-bond donors (Lipinski definition) is 0. The summed E-state index contributed by atoms with van der Waals surface area (Å²) < 4.78 is 31.3. The molecular formula is C17H24N2O4S2. The van der Waals surface area contributed by atoms with E-state index in [1.165, 1.54) is 15.4 Å². The van der Waals surface area contributed by atoms with E-state index < -0.39 is 15.6 Å². The summed E-state index contributed by atoms with van der Waals surface area (Å²) in [7, 11) is -3.16. The molecule has 0 aromatic carbocycles. The Bertz CT molecular complexity index is 773. The van der Waals surface area contributed by atoms with Crippen molar-refractivity contribution in [1.82, 2.24) is 9.21 Å². The van der Waals surface area contributed by atoms with Crippen LogP contribution in [-0.4, -0.2) is 62.6 Å². The van der Waals surface area contributed by atoms with Gasteiger partial charge in [0, 0.05) is 37.5 Å². The Morgan fingerprint density at radius 2 is 1.88 bits per heavy atom. The summed E-state index contributed by atoms with van der Waals surface area (Å²) in [5, 5.41) is 0. The van der Waals surface area contributed by atoms with Crippen LogP contribution in [0, 0.1) is 0 Å². The average molecular weight is 385 g/mol. The predicted molar refractivity (Wildman–Crippen MR) is 96.4 cm³/mol. The molecule has 0 radical (unpaired) electrons. The average Bonchev–Trinajstić information content (AvgIpc) is 3.24. The van der Waals surface area contributed by atoms with Gasteiger partial charge in [0.05, 0.1) is 23.3 Å². The van der Waals surface area contributed by atoms with E-state index in [9.17, 15) is 13.2 Å². The third kappa shape index (κ3) is 3.13. The highest BCUT2D eigenvalue weighted by molar-refractivity contribution is 7.88. The Hall–Kier alpha value is -0.960. The topological polar surface area (TPSA) is 66.9 Å². The second kappa shape index (κ2) is 6.33. The summed E-state index contributed by atoms with van der Waals surface area (Å²) in [6.07, 6.45) is 5.58. The van der Waals surface area contributed by atoms with Crippen molar-refractivity contribution < 1.29 is 17.9 Å². The van der Waals surface area contributed by atoms with E-state index in [0.29, 0.717) is 32.5 Å². The van der Waals surface area contributed by atoms with Gasteiger partial charge in [0.1, 0.15) is 0 Å². The van der Waals surface area contributed by atoms with Crippen molar-refractivity contribution >= 4 is 27.3 Å². The van der Waals surface area contributed by atoms with Gasteiger partial charge in [-0.3, -0.25) is 4.79 Å². The van der Waals surface area contributed by atoms with Crippen molar-refractivity contribution in [3.05, 3.63) is 21.4 Å². The molecule has 25 heavy (non-hydrogen) atoms. The van der Waals surface area contributed by atoms with Crippen LogP contribution in [0.15, 0.2) is 6.07 Å². The number of carbonyl (C=O) groups excluding carboxylic acids is 1. The molecule has 1 aromatic heterocycles. The first-order valence-corrected chi connectivity index (χ1v) is 11.6. The highest BCUT2D eigenvalue weighted by Gasteiger charge is 2.44. The van der Waals surface area contributed by atoms with Gasteiger partial charge >= 0.3 is 0 Å². The molecule has 0 unspecified atom stereocenters. The maximum absolute atomic E-state index is 12.7. The molecule has 1 aromatic rings. The van der Waals surface area contributed by atoms with Crippen molar-refractivity contribution in [1.29, 1.82) is 0 Å². The fourth-order valence-electron chi connectivity index (χ4n) is 4.19. The van der Waals surface area contributed by atoms with Gasteiger partial charge in [-0.1, -0.05) is 0 Å². The van der Waals surface area contributed by atoms with E-state index in [4.69, 9.17) is 4.74 Å². The largest absolute Gasteiger partial charge is 0.370 e. The van der Waals surface area contributed by atoms with Crippen LogP contribution in [0.5, 0.6) is 0 Å². The summed E-state index contributed by atoms with van der Waals surface area (Å²) in [6, 6.07) is 2.02. The third-order valence-corrected chi connectivity index (χ3v) is 8.10. The fourth-order valence-corrected chi connectivity index (χ4v) is 6.24. The van der Waals surface area contributed by atoms with Crippen LogP contribution in [0.25, 0.3) is 0 Å². The summed E-state index contributed by atoms with van der Waals surface area (Å²) in [4.78, 5) is 16.7. The van der Waals surface area contributed by atoms with Crippen LogP contribution < -0.4 is 0 Å². The lowest BCUT2D eigenvalue weighted by molar-refractivity contribution is -0.0882. The first-order chi connectivity index (χ1) is 11.9. The van der Waals surface area contributed by atoms with Gasteiger partial charge in [-0.25, -0.2) is 12.7 Å². The number of hydrogen-bond acceptors (Lipinski definition) is 5. The molecule has 1 spiro atoms. The van der Waals surface area contributed by atoms with E-state index in [1.807, 2.05) is 11.0 Å². The van der Waals surface area contributed by atoms with Gasteiger partial charge in [-0.05, 0) is 37.3 Å². The van der Waals surface area contributed by atoms with Gasteiger partial charge < -0.3 is 9.64 Å². The van der Waals surface area contributed by atoms with Crippen LogP contribution in [0.3, 0.4) is 0 Å². The Morgan fingerprint density at radius 1 is 1.20 bits per heavy atom. The fraction of sp³-hybridized carbons (Fsp3) is 0.706. The lowest BCUT2D eigenvalue weighted by Crippen LogP contribution is -2.47. The first-order valence-electron chi connectivity index (χ1n) is 8.91. The molecular weight excluding hydrogens is 360 g/mol. The normalized spacial score (nSPS) is 23.8. The van der Waals surface area contributed by atoms with Crippen LogP contribution in [0.2, 0.25) is 0 Å². The van der Waals surface area contributed by atoms with E-state index in [0.717, 1.165) is 42.8 Å². The van der Waals surface area contributed by atoms with E-state index in [1.54, 1.807) is 11.3 Å². The number of ether oxygens (including phenoxy) is 1. The molecule has 6 nitrogen and oxygen atoms in total. The number of nitrogens with zero attached hydrogens (tertiary/aromatic N) is 2. The number of rotatable bonds is 2. The van der Waals surface area contributed by atoms with Crippen LogP contribution in [0.4, 0.5) is 0 Å². The van der Waals surface area contributed by atoms with Gasteiger partial charge in [-0.2, -0.15) is 0 Å². The highest BCUT2D eigenvalue weighted by Crippen LogP contribution is 2.45. The Morgan fingerprint density at radius 3 is 2.52 bits per heavy atom. The highest BCUT2D eigenvalue weighted by atomic mass is 32.2. The molecule has 138 valence electrons. The monoisotopic (exact) mass is 384 g/mol. The zero-order valence-electron chi connectivity index (χ0n) is 14.5. The number of fused-ring (bicyclic) bond motifs is 2. The molecule has 1 amide bonds. The summed E-state index contributed by atoms with van der Waals surface area (Å²) >= 11 is 1.60. The van der Waals surface area contributed by atoms with Gasteiger partial charge in [0.2, 0.25) is 10.0 Å². The molecule has 0 bridgehead atoms. The Balaban J connectivity index is 1.59. The second-order valence-electron chi connectivity index (χ2n) is 7.20. The zero-order chi connectivity index (χ0) is 17.7. The van der Waals surface area contributed by atoms with Crippen LogP contribution in [0.1, 0.15) is 45.8 Å². The Kier molecular flexibility index (Phi) is 4.42. The molecule has 0 aliphatic carbocycles. The Labute approximate surface area is 152 Å². The number of amides is 1. The van der Waals surface area contributed by atoms with E-state index >= 15 is 0 Å². The van der Waals surface area contributed by atoms with Crippen molar-refractivity contribution in [2.75, 3.05) is 39.0 Å². The SMILES string of the molecule is CS(=O)(=O)N1CCC2(CC1)OCCc1sc(C(=O)N3CCCC3)cc12. The van der Waals surface area contributed by atoms with Gasteiger partial charge in [0.15, 0.2) is 0 Å². The zero-order valence-corrected chi connectivity index (χ0v) is 16.1. The molecule has 3 aliphatic rings. The van der Waals surface area contributed by atoms with E-state index in [2.05, 4.69) is 0 Å². The second-order valence-corrected chi connectivity index (χ2v) is 10.3. The molecule has 0 N–H and O–H groups in total. The first kappa shape index (κ1) is 17.5. The molecule has 3 aliphatic heterocycles. The number of carbonyl (C=O) groups is 1. The maximum atomic E-state index is 12.7. The summed E-state index contributed by atoms with van der Waals surface area (Å²) in [5.74, 6) is 0.139. The number of piperidine rings is 1. The lowest BCUT2D eigenvalue weighted by atomic mass is 9.83. The van der Waals surface area contributed by atoms with E-state index in [-0.39, 0.29) is 5.91 Å². The minimum absolute atomic E-state index is 0.139. The molecule has 2 saturated heterocycles. The molecule has 0 atom stereocenters. The molecule has 4 rings (SSSR count). The smallest absolute Gasteiger partial charge is 0.263 e. The number of thiophene rings is 1. The molecule has 0 saturated carbocycles. The molecule has 8 heteroatoms. The van der Waals surface area contributed by atoms with Crippen LogP contribution in [-0.2, 0) is 26.8 Å². The number of sulfonamides is 1. The van der Waals surface area contributed by atoms with Crippen molar-refractivity contribution in [2.24, 2.45) is 0 Å². The molecule has 4 heterocycles. The maximum Gasteiger partial charge on any atom is 0.263 e. The summed E-state index contributed by atoms with van der Waals surface area (Å²) in [5.41, 5.74) is 0.703. The predicted octanol–water partition coefficient (Wildman–Crippen LogP) is 1.81. The third-order valence-electron chi connectivity index (χ3n) is 5.61. The van der Waals surface area contributed by atoms with Crippen LogP contribution >= 0.6 is 11.3 Å². The number of likely N-dealkylation sites (tertiary alicyclic amines) is 1. The summed E-state index contributed by atoms with van der Waals surface area (Å²) in [6.45, 7) is 3.30. The minimum Gasteiger partial charge on any atom is -0.370 e. The lowest BCUT2D eigenvalue weighted by Gasteiger charge is -2.43. The quantitative estimate of drug-likeness (QED) is 0.780. The van der Waals surface area contributed by atoms with Crippen molar-refractivity contribution in [3.8, 4) is 0 Å². The van der Waals surface area contributed by atoms with Crippen molar-refractivity contribution in [2.45, 2.75) is 37.7 Å². The van der Waals surface area contributed by atoms with Crippen molar-refractivity contribution in [3.63, 3.8) is 0 Å². The molecule has 2 fully saturated rings. The standard InChI is InChI=1S/C17H24N2O4S2/c1-25(21,22)19-9-5-17(6-10-19)13-12-15(24-14(13)4-11-23-17)16(20)18-7-2-3-8-18/h12H,2-11H2,1H3. The minimum atomic E-state index is -3.16.